The van der Waals surface area contributed by atoms with Crippen LogP contribution in [0.3, 0.4) is 0 Å². The molecule has 0 atom stereocenters. The molecule has 1 aromatic rings. The van der Waals surface area contributed by atoms with Gasteiger partial charge in [-0.1, -0.05) is 44.2 Å². The number of benzene rings is 1. The van der Waals surface area contributed by atoms with Crippen LogP contribution in [-0.2, 0) is 30.4 Å². The molecule has 7 heteroatoms. The molecule has 0 spiro atoms. The molecule has 0 saturated heterocycles. The summed E-state index contributed by atoms with van der Waals surface area (Å²) < 4.78 is 34.6. The standard InChI is InChI=1S/C17H27NO5S/c1-15(19)18-10-7-11-23-24(20,21)14-17(2,3)13-22-12-16-8-5-4-6-9-16/h4-6,8-9H,7,10-14H2,1-3H3,(H,18,19). The highest BCUT2D eigenvalue weighted by molar-refractivity contribution is 7.86. The van der Waals surface area contributed by atoms with Crippen LogP contribution in [0.4, 0.5) is 0 Å². The van der Waals surface area contributed by atoms with Gasteiger partial charge in [0.15, 0.2) is 0 Å². The molecule has 1 amide bonds. The second-order valence-corrected chi connectivity index (χ2v) is 8.14. The molecule has 0 aliphatic rings. The summed E-state index contributed by atoms with van der Waals surface area (Å²) in [7, 11) is -3.63. The number of carbonyl (C=O) groups excluding carboxylic acids is 1. The number of nitrogens with one attached hydrogen (secondary N) is 1. The molecular formula is C17H27NO5S. The quantitative estimate of drug-likeness (QED) is 0.484. The van der Waals surface area contributed by atoms with Crippen molar-refractivity contribution >= 4 is 16.0 Å². The van der Waals surface area contributed by atoms with Crippen LogP contribution in [0.5, 0.6) is 0 Å². The van der Waals surface area contributed by atoms with Gasteiger partial charge in [-0.25, -0.2) is 0 Å². The lowest BCUT2D eigenvalue weighted by molar-refractivity contribution is -0.118. The van der Waals surface area contributed by atoms with Crippen molar-refractivity contribution < 1.29 is 22.1 Å². The topological polar surface area (TPSA) is 81.7 Å². The van der Waals surface area contributed by atoms with Crippen LogP contribution in [0.25, 0.3) is 0 Å². The van der Waals surface area contributed by atoms with Crippen LogP contribution in [0.1, 0.15) is 32.8 Å². The Hall–Kier alpha value is -1.44. The van der Waals surface area contributed by atoms with Crippen molar-refractivity contribution in [1.82, 2.24) is 5.32 Å². The third-order valence-electron chi connectivity index (χ3n) is 3.13. The number of hydrogen-bond donors (Lipinski definition) is 1. The van der Waals surface area contributed by atoms with E-state index in [1.54, 1.807) is 0 Å². The molecule has 0 saturated carbocycles. The van der Waals surface area contributed by atoms with Crippen LogP contribution >= 0.6 is 0 Å². The van der Waals surface area contributed by atoms with Crippen molar-refractivity contribution in [3.8, 4) is 0 Å². The molecule has 1 aromatic carbocycles. The predicted molar refractivity (Wildman–Crippen MR) is 92.9 cm³/mol. The van der Waals surface area contributed by atoms with E-state index in [-0.39, 0.29) is 18.3 Å². The summed E-state index contributed by atoms with van der Waals surface area (Å²) in [6, 6.07) is 9.72. The van der Waals surface area contributed by atoms with Gasteiger partial charge in [-0.3, -0.25) is 8.98 Å². The van der Waals surface area contributed by atoms with Crippen molar-refractivity contribution in [3.63, 3.8) is 0 Å². The molecule has 136 valence electrons. The smallest absolute Gasteiger partial charge is 0.267 e. The highest BCUT2D eigenvalue weighted by Gasteiger charge is 2.27. The van der Waals surface area contributed by atoms with E-state index < -0.39 is 15.5 Å². The van der Waals surface area contributed by atoms with Crippen molar-refractivity contribution in [2.24, 2.45) is 5.41 Å². The number of carbonyl (C=O) groups is 1. The first-order valence-electron chi connectivity index (χ1n) is 7.93. The van der Waals surface area contributed by atoms with Crippen LogP contribution < -0.4 is 5.32 Å². The SMILES string of the molecule is CC(=O)NCCCOS(=O)(=O)CC(C)(C)COCc1ccccc1. The van der Waals surface area contributed by atoms with Gasteiger partial charge in [0, 0.05) is 18.9 Å². The fraction of sp³-hybridized carbons (Fsp3) is 0.588. The Morgan fingerprint density at radius 3 is 2.50 bits per heavy atom. The van der Waals surface area contributed by atoms with Crippen LogP contribution in [0.15, 0.2) is 30.3 Å². The Morgan fingerprint density at radius 2 is 1.88 bits per heavy atom. The molecule has 0 aromatic heterocycles. The lowest BCUT2D eigenvalue weighted by Gasteiger charge is -2.23. The zero-order valence-electron chi connectivity index (χ0n) is 14.6. The third-order valence-corrected chi connectivity index (χ3v) is 4.79. The van der Waals surface area contributed by atoms with Crippen LogP contribution in [-0.4, -0.2) is 39.8 Å². The van der Waals surface area contributed by atoms with Gasteiger partial charge >= 0.3 is 0 Å². The Balaban J connectivity index is 2.31. The van der Waals surface area contributed by atoms with Crippen molar-refractivity contribution in [2.75, 3.05) is 25.5 Å². The molecule has 6 nitrogen and oxygen atoms in total. The minimum Gasteiger partial charge on any atom is -0.376 e. The maximum atomic E-state index is 12.0. The third kappa shape index (κ3) is 9.64. The molecule has 0 heterocycles. The van der Waals surface area contributed by atoms with Gasteiger partial charge in [-0.2, -0.15) is 8.42 Å². The summed E-state index contributed by atoms with van der Waals surface area (Å²) in [5, 5.41) is 2.59. The summed E-state index contributed by atoms with van der Waals surface area (Å²) in [6.07, 6.45) is 0.448. The zero-order valence-corrected chi connectivity index (χ0v) is 15.4. The van der Waals surface area contributed by atoms with E-state index in [1.807, 2.05) is 44.2 Å². The van der Waals surface area contributed by atoms with Gasteiger partial charge in [-0.05, 0) is 12.0 Å². The molecule has 24 heavy (non-hydrogen) atoms. The minimum atomic E-state index is -3.63. The predicted octanol–water partition coefficient (Wildman–Crippen LogP) is 2.10. The lowest BCUT2D eigenvalue weighted by atomic mass is 9.98. The van der Waals surface area contributed by atoms with Gasteiger partial charge < -0.3 is 10.1 Å². The molecule has 0 radical (unpaired) electrons. The van der Waals surface area contributed by atoms with E-state index in [2.05, 4.69) is 5.32 Å². The Bertz CT molecular complexity index is 599. The fourth-order valence-corrected chi connectivity index (χ4v) is 3.60. The van der Waals surface area contributed by atoms with E-state index in [4.69, 9.17) is 8.92 Å². The van der Waals surface area contributed by atoms with Crippen LogP contribution in [0.2, 0.25) is 0 Å². The number of rotatable bonds is 11. The van der Waals surface area contributed by atoms with Gasteiger partial charge in [-0.15, -0.1) is 0 Å². The fourth-order valence-electron chi connectivity index (χ4n) is 2.10. The summed E-state index contributed by atoms with van der Waals surface area (Å²) >= 11 is 0. The van der Waals surface area contributed by atoms with E-state index in [0.29, 0.717) is 26.2 Å². The largest absolute Gasteiger partial charge is 0.376 e. The monoisotopic (exact) mass is 357 g/mol. The number of amides is 1. The van der Waals surface area contributed by atoms with E-state index >= 15 is 0 Å². The Labute approximate surface area is 144 Å². The highest BCUT2D eigenvalue weighted by atomic mass is 32.2. The molecule has 1 rings (SSSR count). The first kappa shape index (κ1) is 20.6. The van der Waals surface area contributed by atoms with Crippen molar-refractivity contribution in [1.29, 1.82) is 0 Å². The normalized spacial score (nSPS) is 12.1. The molecule has 0 aliphatic carbocycles. The second kappa shape index (κ2) is 9.76. The molecule has 0 unspecified atom stereocenters. The molecule has 0 aliphatic heterocycles. The molecule has 0 bridgehead atoms. The lowest BCUT2D eigenvalue weighted by Crippen LogP contribution is -2.30. The van der Waals surface area contributed by atoms with E-state index in [0.717, 1.165) is 5.56 Å². The molecular weight excluding hydrogens is 330 g/mol. The summed E-state index contributed by atoms with van der Waals surface area (Å²) in [5.41, 5.74) is 0.496. The molecule has 1 N–H and O–H groups in total. The highest BCUT2D eigenvalue weighted by Crippen LogP contribution is 2.20. The van der Waals surface area contributed by atoms with Gasteiger partial charge in [0.2, 0.25) is 5.91 Å². The summed E-state index contributed by atoms with van der Waals surface area (Å²) in [6.45, 7) is 6.29. The van der Waals surface area contributed by atoms with Gasteiger partial charge in [0.05, 0.1) is 25.6 Å². The maximum Gasteiger partial charge on any atom is 0.267 e. The number of hydrogen-bond acceptors (Lipinski definition) is 5. The average molecular weight is 357 g/mol. The van der Waals surface area contributed by atoms with Crippen molar-refractivity contribution in [2.45, 2.75) is 33.8 Å². The van der Waals surface area contributed by atoms with Crippen molar-refractivity contribution in [3.05, 3.63) is 35.9 Å². The maximum absolute atomic E-state index is 12.0. The van der Waals surface area contributed by atoms with Gasteiger partial charge in [0.1, 0.15) is 0 Å². The second-order valence-electron chi connectivity index (χ2n) is 6.50. The number of ether oxygens (including phenoxy) is 1. The first-order valence-corrected chi connectivity index (χ1v) is 9.51. The summed E-state index contributed by atoms with van der Waals surface area (Å²) in [5.74, 6) is -0.260. The Kier molecular flexibility index (Phi) is 8.38. The van der Waals surface area contributed by atoms with Gasteiger partial charge in [0.25, 0.3) is 10.1 Å². The molecule has 0 fully saturated rings. The minimum absolute atomic E-state index is 0.0591. The summed E-state index contributed by atoms with van der Waals surface area (Å²) in [4.78, 5) is 10.7. The Morgan fingerprint density at radius 1 is 1.21 bits per heavy atom. The zero-order chi connectivity index (χ0) is 18.1. The average Bonchev–Trinajstić information content (AvgIpc) is 2.46. The van der Waals surface area contributed by atoms with Crippen LogP contribution in [0, 0.1) is 5.41 Å². The van der Waals surface area contributed by atoms with E-state index in [1.165, 1.54) is 6.92 Å². The van der Waals surface area contributed by atoms with E-state index in [9.17, 15) is 13.2 Å². The first-order chi connectivity index (χ1) is 11.2.